The van der Waals surface area contributed by atoms with Crippen molar-refractivity contribution in [3.05, 3.63) is 76.0 Å². The van der Waals surface area contributed by atoms with Crippen molar-refractivity contribution < 1.29 is 18.0 Å². The van der Waals surface area contributed by atoms with Crippen molar-refractivity contribution in [3.63, 3.8) is 0 Å². The molecular weight excluding hydrogens is 474 g/mol. The van der Waals surface area contributed by atoms with Gasteiger partial charge in [-0.2, -0.15) is 5.10 Å². The van der Waals surface area contributed by atoms with Gasteiger partial charge in [-0.15, -0.1) is 0 Å². The number of benzene rings is 2. The first-order valence-electron chi connectivity index (χ1n) is 8.65. The monoisotopic (exact) mass is 491 g/mol. The van der Waals surface area contributed by atoms with Crippen LogP contribution in [0.25, 0.3) is 0 Å². The first-order valence-corrected chi connectivity index (χ1v) is 10.9. The number of nitrogens with zero attached hydrogens (tertiary/aromatic N) is 2. The zero-order valence-corrected chi connectivity index (χ0v) is 18.4. The highest BCUT2D eigenvalue weighted by atomic mass is 79.9. The molecule has 0 aliphatic rings. The molecule has 156 valence electrons. The molecule has 0 saturated carbocycles. The minimum Gasteiger partial charge on any atom is -0.280 e. The quantitative estimate of drug-likeness (QED) is 0.472. The Labute approximate surface area is 181 Å². The number of aromatic nitrogens is 2. The Morgan fingerprint density at radius 1 is 0.967 bits per heavy atom. The van der Waals surface area contributed by atoms with Gasteiger partial charge in [0, 0.05) is 28.5 Å². The lowest BCUT2D eigenvalue weighted by molar-refractivity contribution is 0.0846. The van der Waals surface area contributed by atoms with Gasteiger partial charge in [0.05, 0.1) is 16.7 Å². The van der Waals surface area contributed by atoms with E-state index in [-0.39, 0.29) is 10.5 Å². The number of aryl methyl sites for hydroxylation is 1. The van der Waals surface area contributed by atoms with Crippen molar-refractivity contribution in [1.82, 2.24) is 20.6 Å². The average Bonchev–Trinajstić information content (AvgIpc) is 3.05. The highest BCUT2D eigenvalue weighted by molar-refractivity contribution is 9.10. The Morgan fingerprint density at radius 2 is 1.57 bits per heavy atom. The lowest BCUT2D eigenvalue weighted by Crippen LogP contribution is -2.41. The number of halogens is 1. The van der Waals surface area contributed by atoms with E-state index in [4.69, 9.17) is 0 Å². The molecule has 2 aromatic carbocycles. The number of sulfonamides is 1. The van der Waals surface area contributed by atoms with Crippen LogP contribution in [0.2, 0.25) is 0 Å². The Kier molecular flexibility index (Phi) is 6.22. The first kappa shape index (κ1) is 21.5. The summed E-state index contributed by atoms with van der Waals surface area (Å²) in [6, 6.07) is 12.0. The van der Waals surface area contributed by atoms with Gasteiger partial charge in [-0.05, 0) is 55.5 Å². The second-order valence-electron chi connectivity index (χ2n) is 6.31. The third kappa shape index (κ3) is 4.86. The lowest BCUT2D eigenvalue weighted by Gasteiger charge is -2.10. The molecule has 0 fully saturated rings. The van der Waals surface area contributed by atoms with Crippen LogP contribution in [0.4, 0.5) is 5.69 Å². The topological polar surface area (TPSA) is 122 Å². The van der Waals surface area contributed by atoms with Crippen molar-refractivity contribution in [2.75, 3.05) is 4.72 Å². The lowest BCUT2D eigenvalue weighted by atomic mass is 10.2. The highest BCUT2D eigenvalue weighted by Gasteiger charge is 2.16. The van der Waals surface area contributed by atoms with E-state index in [1.807, 2.05) is 0 Å². The summed E-state index contributed by atoms with van der Waals surface area (Å²) in [5.41, 5.74) is 6.17. The third-order valence-corrected chi connectivity index (χ3v) is 6.22. The van der Waals surface area contributed by atoms with Crippen LogP contribution in [0.1, 0.15) is 26.4 Å². The van der Waals surface area contributed by atoms with Gasteiger partial charge in [0.15, 0.2) is 0 Å². The molecule has 0 bridgehead atoms. The first-order chi connectivity index (χ1) is 14.2. The summed E-state index contributed by atoms with van der Waals surface area (Å²) in [6.45, 7) is 1.73. The van der Waals surface area contributed by atoms with Gasteiger partial charge in [-0.1, -0.05) is 15.9 Å². The highest BCUT2D eigenvalue weighted by Crippen LogP contribution is 2.19. The van der Waals surface area contributed by atoms with Gasteiger partial charge in [-0.3, -0.25) is 29.8 Å². The molecule has 2 amide bonds. The molecule has 0 atom stereocenters. The minimum absolute atomic E-state index is 0.112. The molecule has 0 spiro atoms. The molecule has 1 aromatic heterocycles. The van der Waals surface area contributed by atoms with Crippen LogP contribution in [0.5, 0.6) is 0 Å². The summed E-state index contributed by atoms with van der Waals surface area (Å²) in [6.07, 6.45) is 1.41. The predicted molar refractivity (Wildman–Crippen MR) is 114 cm³/mol. The van der Waals surface area contributed by atoms with Crippen LogP contribution in [-0.2, 0) is 17.1 Å². The van der Waals surface area contributed by atoms with Gasteiger partial charge >= 0.3 is 0 Å². The Morgan fingerprint density at radius 3 is 2.13 bits per heavy atom. The third-order valence-electron chi connectivity index (χ3n) is 4.29. The number of hydrazine groups is 1. The van der Waals surface area contributed by atoms with Crippen molar-refractivity contribution in [2.24, 2.45) is 7.05 Å². The summed E-state index contributed by atoms with van der Waals surface area (Å²) in [7, 11) is -2.05. The van der Waals surface area contributed by atoms with E-state index in [1.165, 1.54) is 42.6 Å². The van der Waals surface area contributed by atoms with Crippen LogP contribution in [0, 0.1) is 6.92 Å². The number of amides is 2. The number of hydrogen-bond donors (Lipinski definition) is 3. The standard InChI is InChI=1S/C19H18BrN5O4S/c1-12-17(11-21-25(12)2)19(27)23-22-18(26)13-3-7-15(8-4-13)24-30(28,29)16-9-5-14(20)6-10-16/h3-11,24H,1-2H3,(H,22,26)(H,23,27). The van der Waals surface area contributed by atoms with E-state index in [9.17, 15) is 18.0 Å². The maximum Gasteiger partial charge on any atom is 0.273 e. The van der Waals surface area contributed by atoms with Crippen LogP contribution in [0.3, 0.4) is 0 Å². The van der Waals surface area contributed by atoms with Gasteiger partial charge in [0.2, 0.25) is 0 Å². The molecule has 3 rings (SSSR count). The van der Waals surface area contributed by atoms with E-state index in [0.29, 0.717) is 16.9 Å². The van der Waals surface area contributed by atoms with E-state index >= 15 is 0 Å². The Hall–Kier alpha value is -3.18. The Bertz CT molecular complexity index is 1190. The number of carbonyl (C=O) groups excluding carboxylic acids is 2. The zero-order chi connectivity index (χ0) is 21.9. The number of carbonyl (C=O) groups is 2. The second-order valence-corrected chi connectivity index (χ2v) is 8.91. The number of nitrogens with one attached hydrogen (secondary N) is 3. The van der Waals surface area contributed by atoms with Gasteiger partial charge in [0.1, 0.15) is 0 Å². The van der Waals surface area contributed by atoms with Crippen molar-refractivity contribution >= 4 is 43.5 Å². The van der Waals surface area contributed by atoms with E-state index in [1.54, 1.807) is 30.8 Å². The number of hydrogen-bond acceptors (Lipinski definition) is 5. The fourth-order valence-electron chi connectivity index (χ4n) is 2.49. The molecule has 0 radical (unpaired) electrons. The number of rotatable bonds is 5. The minimum atomic E-state index is -3.75. The molecule has 0 unspecified atom stereocenters. The predicted octanol–water partition coefficient (Wildman–Crippen LogP) is 2.37. The molecule has 30 heavy (non-hydrogen) atoms. The molecule has 0 saturated heterocycles. The van der Waals surface area contributed by atoms with Crippen LogP contribution >= 0.6 is 15.9 Å². The fraction of sp³-hybridized carbons (Fsp3) is 0.105. The van der Waals surface area contributed by atoms with E-state index in [0.717, 1.165) is 4.47 Å². The maximum absolute atomic E-state index is 12.4. The van der Waals surface area contributed by atoms with Crippen molar-refractivity contribution in [2.45, 2.75) is 11.8 Å². The maximum atomic E-state index is 12.4. The van der Waals surface area contributed by atoms with Gasteiger partial charge < -0.3 is 0 Å². The van der Waals surface area contributed by atoms with Gasteiger partial charge in [0.25, 0.3) is 21.8 Å². The summed E-state index contributed by atoms with van der Waals surface area (Å²) in [4.78, 5) is 24.5. The van der Waals surface area contributed by atoms with Crippen molar-refractivity contribution in [3.8, 4) is 0 Å². The van der Waals surface area contributed by atoms with Crippen molar-refractivity contribution in [1.29, 1.82) is 0 Å². The molecule has 1 heterocycles. The van der Waals surface area contributed by atoms with Gasteiger partial charge in [-0.25, -0.2) is 8.42 Å². The smallest absolute Gasteiger partial charge is 0.273 e. The van der Waals surface area contributed by atoms with E-state index in [2.05, 4.69) is 36.6 Å². The largest absolute Gasteiger partial charge is 0.280 e. The molecule has 9 nitrogen and oxygen atoms in total. The summed E-state index contributed by atoms with van der Waals surface area (Å²) >= 11 is 3.26. The second kappa shape index (κ2) is 8.67. The fourth-order valence-corrected chi connectivity index (χ4v) is 3.82. The summed E-state index contributed by atoms with van der Waals surface area (Å²) < 4.78 is 29.6. The molecule has 11 heteroatoms. The molecule has 3 N–H and O–H groups in total. The average molecular weight is 492 g/mol. The van der Waals surface area contributed by atoms with Crippen LogP contribution in [-0.4, -0.2) is 30.0 Å². The van der Waals surface area contributed by atoms with E-state index < -0.39 is 21.8 Å². The summed E-state index contributed by atoms with van der Waals surface area (Å²) in [5, 5.41) is 3.97. The summed E-state index contributed by atoms with van der Waals surface area (Å²) in [5.74, 6) is -1.04. The molecule has 0 aliphatic heterocycles. The Balaban J connectivity index is 1.62. The normalized spacial score (nSPS) is 11.0. The zero-order valence-electron chi connectivity index (χ0n) is 16.0. The van der Waals surface area contributed by atoms with Crippen LogP contribution < -0.4 is 15.6 Å². The van der Waals surface area contributed by atoms with Crippen LogP contribution in [0.15, 0.2) is 64.1 Å². The molecule has 0 aliphatic carbocycles. The SMILES string of the molecule is Cc1c(C(=O)NNC(=O)c2ccc(NS(=O)(=O)c3ccc(Br)cc3)cc2)cnn1C. The molecular formula is C19H18BrN5O4S. The number of anilines is 1. The molecule has 3 aromatic rings.